The number of nitrogens with one attached hydrogen (secondary N) is 1. The largest absolute Gasteiger partial charge is 0.490 e. The van der Waals surface area contributed by atoms with Crippen molar-refractivity contribution in [3.8, 4) is 11.8 Å². The molecule has 2 rings (SSSR count). The SMILES string of the molecule is CSc1cc(C(COC(C)=O)Nc2ccc(C#N)cc2)ccc1OC(C)C. The Bertz CT molecular complexity index is 813. The van der Waals surface area contributed by atoms with E-state index in [2.05, 4.69) is 11.4 Å². The first-order valence-electron chi connectivity index (χ1n) is 8.67. The third-order valence-corrected chi connectivity index (χ3v) is 4.52. The number of anilines is 1. The monoisotopic (exact) mass is 384 g/mol. The van der Waals surface area contributed by atoms with E-state index in [0.717, 1.165) is 21.9 Å². The van der Waals surface area contributed by atoms with E-state index in [1.807, 2.05) is 50.4 Å². The van der Waals surface area contributed by atoms with Crippen LogP contribution in [0.25, 0.3) is 0 Å². The van der Waals surface area contributed by atoms with E-state index in [1.54, 1.807) is 23.9 Å². The summed E-state index contributed by atoms with van der Waals surface area (Å²) in [6.07, 6.45) is 2.09. The highest BCUT2D eigenvalue weighted by Crippen LogP contribution is 2.32. The van der Waals surface area contributed by atoms with Crippen molar-refractivity contribution < 1.29 is 14.3 Å². The molecule has 0 heterocycles. The van der Waals surface area contributed by atoms with E-state index in [1.165, 1.54) is 6.92 Å². The van der Waals surface area contributed by atoms with Gasteiger partial charge in [-0.2, -0.15) is 5.26 Å². The zero-order chi connectivity index (χ0) is 19.8. The molecule has 27 heavy (non-hydrogen) atoms. The number of esters is 1. The summed E-state index contributed by atoms with van der Waals surface area (Å²) in [5.41, 5.74) is 2.43. The van der Waals surface area contributed by atoms with Crippen LogP contribution < -0.4 is 10.1 Å². The van der Waals surface area contributed by atoms with Gasteiger partial charge in [-0.3, -0.25) is 4.79 Å². The van der Waals surface area contributed by atoms with Crippen molar-refractivity contribution in [1.29, 1.82) is 5.26 Å². The molecular formula is C21H24N2O3S. The Hall–Kier alpha value is -2.65. The number of benzene rings is 2. The number of carbonyl (C=O) groups is 1. The summed E-state index contributed by atoms with van der Waals surface area (Å²) in [5, 5.41) is 12.3. The maximum absolute atomic E-state index is 11.3. The quantitative estimate of drug-likeness (QED) is 0.521. The van der Waals surface area contributed by atoms with Crippen LogP contribution in [0.15, 0.2) is 47.4 Å². The van der Waals surface area contributed by atoms with Crippen molar-refractivity contribution in [2.24, 2.45) is 0 Å². The molecule has 0 bridgehead atoms. The van der Waals surface area contributed by atoms with Crippen LogP contribution in [0.3, 0.4) is 0 Å². The Balaban J connectivity index is 2.28. The number of ether oxygens (including phenoxy) is 2. The van der Waals surface area contributed by atoms with Crippen LogP contribution in [-0.2, 0) is 9.53 Å². The molecule has 1 unspecified atom stereocenters. The number of nitriles is 1. The van der Waals surface area contributed by atoms with Crippen LogP contribution in [-0.4, -0.2) is 24.9 Å². The zero-order valence-electron chi connectivity index (χ0n) is 16.0. The first kappa shape index (κ1) is 20.7. The van der Waals surface area contributed by atoms with E-state index >= 15 is 0 Å². The highest BCUT2D eigenvalue weighted by Gasteiger charge is 2.16. The Labute approximate surface area is 164 Å². The molecule has 2 aromatic rings. The zero-order valence-corrected chi connectivity index (χ0v) is 16.8. The third-order valence-electron chi connectivity index (χ3n) is 3.76. The predicted octanol–water partition coefficient (Wildman–Crippen LogP) is 4.78. The first-order chi connectivity index (χ1) is 12.9. The predicted molar refractivity (Wildman–Crippen MR) is 108 cm³/mol. The number of nitrogens with zero attached hydrogens (tertiary/aromatic N) is 1. The van der Waals surface area contributed by atoms with Gasteiger partial charge in [0, 0.05) is 17.5 Å². The van der Waals surface area contributed by atoms with Gasteiger partial charge in [-0.05, 0) is 62.1 Å². The lowest BCUT2D eigenvalue weighted by molar-refractivity contribution is -0.141. The molecule has 0 saturated carbocycles. The normalized spacial score (nSPS) is 11.6. The highest BCUT2D eigenvalue weighted by atomic mass is 32.2. The second kappa shape index (κ2) is 9.89. The molecule has 0 saturated heterocycles. The smallest absolute Gasteiger partial charge is 0.302 e. The Morgan fingerprint density at radius 1 is 1.22 bits per heavy atom. The third kappa shape index (κ3) is 6.22. The van der Waals surface area contributed by atoms with E-state index < -0.39 is 0 Å². The molecule has 1 atom stereocenters. The summed E-state index contributed by atoms with van der Waals surface area (Å²) in [6, 6.07) is 15.0. The minimum atomic E-state index is -0.327. The van der Waals surface area contributed by atoms with Crippen molar-refractivity contribution >= 4 is 23.4 Å². The van der Waals surface area contributed by atoms with Crippen molar-refractivity contribution in [2.45, 2.75) is 37.8 Å². The second-order valence-corrected chi connectivity index (χ2v) is 7.11. The van der Waals surface area contributed by atoms with Crippen LogP contribution in [0.4, 0.5) is 5.69 Å². The molecule has 1 N–H and O–H groups in total. The van der Waals surface area contributed by atoms with Crippen molar-refractivity contribution in [3.63, 3.8) is 0 Å². The van der Waals surface area contributed by atoms with Gasteiger partial charge in [0.05, 0.1) is 23.8 Å². The molecule has 5 nitrogen and oxygen atoms in total. The van der Waals surface area contributed by atoms with Gasteiger partial charge < -0.3 is 14.8 Å². The van der Waals surface area contributed by atoms with E-state index in [4.69, 9.17) is 14.7 Å². The van der Waals surface area contributed by atoms with Crippen LogP contribution in [0.1, 0.15) is 37.9 Å². The number of hydrogen-bond acceptors (Lipinski definition) is 6. The van der Waals surface area contributed by atoms with E-state index in [0.29, 0.717) is 5.56 Å². The molecule has 0 aliphatic rings. The molecule has 142 valence electrons. The lowest BCUT2D eigenvalue weighted by atomic mass is 10.1. The van der Waals surface area contributed by atoms with Gasteiger partial charge in [-0.1, -0.05) is 6.07 Å². The van der Waals surface area contributed by atoms with Gasteiger partial charge in [-0.25, -0.2) is 0 Å². The molecule has 6 heteroatoms. The summed E-state index contributed by atoms with van der Waals surface area (Å²) in [6.45, 7) is 5.58. The number of carbonyl (C=O) groups excluding carboxylic acids is 1. The maximum Gasteiger partial charge on any atom is 0.302 e. The Morgan fingerprint density at radius 3 is 2.48 bits per heavy atom. The molecule has 0 radical (unpaired) electrons. The molecular weight excluding hydrogens is 360 g/mol. The average Bonchev–Trinajstić information content (AvgIpc) is 2.65. The molecule has 0 aliphatic carbocycles. The van der Waals surface area contributed by atoms with E-state index in [9.17, 15) is 4.79 Å². The Morgan fingerprint density at radius 2 is 1.93 bits per heavy atom. The van der Waals surface area contributed by atoms with Gasteiger partial charge in [0.15, 0.2) is 0 Å². The molecule has 0 aliphatic heterocycles. The van der Waals surface area contributed by atoms with E-state index in [-0.39, 0.29) is 24.7 Å². The summed E-state index contributed by atoms with van der Waals surface area (Å²) >= 11 is 1.61. The van der Waals surface area contributed by atoms with Gasteiger partial charge >= 0.3 is 5.97 Å². The fourth-order valence-corrected chi connectivity index (χ4v) is 3.09. The summed E-state index contributed by atoms with van der Waals surface area (Å²) in [4.78, 5) is 12.3. The number of thioether (sulfide) groups is 1. The van der Waals surface area contributed by atoms with Crippen LogP contribution in [0, 0.1) is 11.3 Å². The fraction of sp³-hybridized carbons (Fsp3) is 0.333. The van der Waals surface area contributed by atoms with Gasteiger partial charge in [-0.15, -0.1) is 11.8 Å². The van der Waals surface area contributed by atoms with Crippen LogP contribution in [0.5, 0.6) is 5.75 Å². The summed E-state index contributed by atoms with van der Waals surface area (Å²) < 4.78 is 11.1. The van der Waals surface area contributed by atoms with Crippen molar-refractivity contribution in [2.75, 3.05) is 18.2 Å². The van der Waals surface area contributed by atoms with Crippen LogP contribution in [0.2, 0.25) is 0 Å². The minimum absolute atomic E-state index is 0.0929. The van der Waals surface area contributed by atoms with Gasteiger partial charge in [0.2, 0.25) is 0 Å². The standard InChI is InChI=1S/C21H24N2O3S/c1-14(2)26-20-10-7-17(11-21(20)27-4)19(13-25-15(3)24)23-18-8-5-16(12-22)6-9-18/h5-11,14,19,23H,13H2,1-4H3. The molecule has 0 fully saturated rings. The topological polar surface area (TPSA) is 71.3 Å². The van der Waals surface area contributed by atoms with Gasteiger partial charge in [0.25, 0.3) is 0 Å². The van der Waals surface area contributed by atoms with Crippen molar-refractivity contribution in [1.82, 2.24) is 0 Å². The average molecular weight is 385 g/mol. The van der Waals surface area contributed by atoms with Gasteiger partial charge in [0.1, 0.15) is 12.4 Å². The maximum atomic E-state index is 11.3. The lowest BCUT2D eigenvalue weighted by Gasteiger charge is -2.22. The summed E-state index contributed by atoms with van der Waals surface area (Å²) in [5.74, 6) is 0.511. The van der Waals surface area contributed by atoms with Crippen LogP contribution >= 0.6 is 11.8 Å². The Kier molecular flexibility index (Phi) is 7.56. The molecule has 0 aromatic heterocycles. The summed E-state index contributed by atoms with van der Waals surface area (Å²) in [7, 11) is 0. The number of rotatable bonds is 8. The second-order valence-electron chi connectivity index (χ2n) is 6.27. The number of hydrogen-bond donors (Lipinski definition) is 1. The lowest BCUT2D eigenvalue weighted by Crippen LogP contribution is -2.19. The minimum Gasteiger partial charge on any atom is -0.490 e. The molecule has 0 spiro atoms. The first-order valence-corrected chi connectivity index (χ1v) is 9.90. The highest BCUT2D eigenvalue weighted by molar-refractivity contribution is 7.98. The fourth-order valence-electron chi connectivity index (χ4n) is 2.52. The molecule has 0 amide bonds. The van der Waals surface area contributed by atoms with Crippen molar-refractivity contribution in [3.05, 3.63) is 53.6 Å². The molecule has 2 aromatic carbocycles.